The Kier molecular flexibility index (Phi) is 4.92. The molecule has 1 aromatic rings. The molecule has 1 heterocycles. The van der Waals surface area contributed by atoms with Crippen molar-refractivity contribution in [3.8, 4) is 0 Å². The van der Waals surface area contributed by atoms with Crippen molar-refractivity contribution in [3.05, 3.63) is 28.5 Å². The van der Waals surface area contributed by atoms with E-state index in [0.717, 1.165) is 23.3 Å². The van der Waals surface area contributed by atoms with E-state index in [2.05, 4.69) is 54.8 Å². The molecule has 0 aliphatic rings. The monoisotopic (exact) mass is 315 g/mol. The first-order chi connectivity index (χ1) is 7.72. The molecule has 0 fully saturated rings. The van der Waals surface area contributed by atoms with Crippen LogP contribution in [0.5, 0.6) is 0 Å². The van der Waals surface area contributed by atoms with Crippen LogP contribution in [0.1, 0.15) is 26.5 Å². The van der Waals surface area contributed by atoms with Gasteiger partial charge in [-0.25, -0.2) is 4.98 Å². The topological polar surface area (TPSA) is 22.1 Å². The zero-order valence-corrected chi connectivity index (χ0v) is 14.0. The lowest BCUT2D eigenvalue weighted by molar-refractivity contribution is 0.290. The van der Waals surface area contributed by atoms with Gasteiger partial charge in [0.25, 0.3) is 0 Å². The van der Waals surface area contributed by atoms with Gasteiger partial charge in [0.05, 0.1) is 0 Å². The van der Waals surface area contributed by atoms with E-state index in [-0.39, 0.29) is 5.04 Å². The molecule has 0 saturated heterocycles. The molecule has 0 N–H and O–H groups in total. The quantitative estimate of drug-likeness (QED) is 0.606. The Hall–Kier alpha value is -0.193. The smallest absolute Gasteiger partial charge is 0.191 e. The predicted octanol–water partition coefficient (Wildman–Crippen LogP) is 4.41. The zero-order valence-electron chi connectivity index (χ0n) is 11.4. The highest BCUT2D eigenvalue weighted by Gasteiger charge is 2.36. The van der Waals surface area contributed by atoms with Crippen molar-refractivity contribution in [1.82, 2.24) is 4.98 Å². The maximum absolute atomic E-state index is 6.12. The minimum absolute atomic E-state index is 0.275. The molecular formula is C13H22BrNOSi. The van der Waals surface area contributed by atoms with Crippen LogP contribution in [0.2, 0.25) is 18.1 Å². The van der Waals surface area contributed by atoms with Crippen LogP contribution < -0.4 is 0 Å². The normalized spacial score (nSPS) is 12.8. The molecule has 0 saturated carbocycles. The second kappa shape index (κ2) is 5.63. The van der Waals surface area contributed by atoms with Gasteiger partial charge >= 0.3 is 0 Å². The molecule has 4 heteroatoms. The Morgan fingerprint density at radius 1 is 1.29 bits per heavy atom. The number of halogens is 1. The molecule has 2 nitrogen and oxygen atoms in total. The molecule has 1 rings (SSSR count). The first-order valence-electron chi connectivity index (χ1n) is 5.98. The minimum Gasteiger partial charge on any atom is -0.416 e. The van der Waals surface area contributed by atoms with Crippen LogP contribution in [0.25, 0.3) is 0 Å². The Morgan fingerprint density at radius 3 is 2.47 bits per heavy atom. The Labute approximate surface area is 114 Å². The summed E-state index contributed by atoms with van der Waals surface area (Å²) >= 11 is 3.38. The van der Waals surface area contributed by atoms with Crippen LogP contribution in [-0.4, -0.2) is 19.9 Å². The highest BCUT2D eigenvalue weighted by molar-refractivity contribution is 9.10. The van der Waals surface area contributed by atoms with Crippen molar-refractivity contribution >= 4 is 24.2 Å². The van der Waals surface area contributed by atoms with Gasteiger partial charge in [-0.2, -0.15) is 0 Å². The summed E-state index contributed by atoms with van der Waals surface area (Å²) in [5.74, 6) is 0. The summed E-state index contributed by atoms with van der Waals surface area (Å²) in [6, 6.07) is 6.00. The van der Waals surface area contributed by atoms with Crippen molar-refractivity contribution in [2.75, 3.05) is 6.61 Å². The van der Waals surface area contributed by atoms with Gasteiger partial charge in [-0.05, 0) is 46.2 Å². The van der Waals surface area contributed by atoms with E-state index in [0.29, 0.717) is 0 Å². The van der Waals surface area contributed by atoms with Crippen LogP contribution in [0.15, 0.2) is 22.8 Å². The lowest BCUT2D eigenvalue weighted by Gasteiger charge is -2.36. The third-order valence-corrected chi connectivity index (χ3v) is 8.38. The number of hydrogen-bond acceptors (Lipinski definition) is 2. The van der Waals surface area contributed by atoms with Crippen LogP contribution in [0.4, 0.5) is 0 Å². The molecule has 0 bridgehead atoms. The van der Waals surface area contributed by atoms with E-state index in [4.69, 9.17) is 4.43 Å². The van der Waals surface area contributed by atoms with Crippen LogP contribution in [0, 0.1) is 0 Å². The summed E-state index contributed by atoms with van der Waals surface area (Å²) in [7, 11) is -1.61. The molecule has 1 aromatic heterocycles. The number of hydrogen-bond donors (Lipinski definition) is 0. The highest BCUT2D eigenvalue weighted by Crippen LogP contribution is 2.36. The van der Waals surface area contributed by atoms with Gasteiger partial charge in [-0.3, -0.25) is 0 Å². The van der Waals surface area contributed by atoms with Crippen molar-refractivity contribution < 1.29 is 4.43 Å². The van der Waals surface area contributed by atoms with Gasteiger partial charge in [-0.15, -0.1) is 0 Å². The largest absolute Gasteiger partial charge is 0.416 e. The first-order valence-corrected chi connectivity index (χ1v) is 9.68. The molecule has 0 aliphatic carbocycles. The van der Waals surface area contributed by atoms with Crippen LogP contribution in [0.3, 0.4) is 0 Å². The number of aromatic nitrogens is 1. The van der Waals surface area contributed by atoms with E-state index in [1.165, 1.54) is 0 Å². The lowest BCUT2D eigenvalue weighted by atomic mass is 10.2. The molecule has 0 radical (unpaired) electrons. The number of nitrogens with zero attached hydrogens (tertiary/aromatic N) is 1. The van der Waals surface area contributed by atoms with Gasteiger partial charge in [0.2, 0.25) is 0 Å². The van der Waals surface area contributed by atoms with E-state index in [1.807, 2.05) is 18.2 Å². The van der Waals surface area contributed by atoms with Gasteiger partial charge < -0.3 is 4.43 Å². The fourth-order valence-electron chi connectivity index (χ4n) is 1.22. The summed E-state index contributed by atoms with van der Waals surface area (Å²) in [4.78, 5) is 4.41. The van der Waals surface area contributed by atoms with Crippen molar-refractivity contribution in [3.63, 3.8) is 0 Å². The molecule has 0 atom stereocenters. The summed E-state index contributed by atoms with van der Waals surface area (Å²) in [5, 5.41) is 0.275. The highest BCUT2D eigenvalue weighted by atomic mass is 79.9. The Balaban J connectivity index is 2.48. The van der Waals surface area contributed by atoms with Crippen LogP contribution >= 0.6 is 15.9 Å². The molecular weight excluding hydrogens is 294 g/mol. The average molecular weight is 316 g/mol. The maximum Gasteiger partial charge on any atom is 0.191 e. The van der Waals surface area contributed by atoms with Crippen molar-refractivity contribution in [1.29, 1.82) is 0 Å². The lowest BCUT2D eigenvalue weighted by Crippen LogP contribution is -2.41. The first kappa shape index (κ1) is 14.9. The maximum atomic E-state index is 6.12. The minimum atomic E-state index is -1.61. The van der Waals surface area contributed by atoms with Crippen molar-refractivity contribution in [2.24, 2.45) is 0 Å². The third-order valence-electron chi connectivity index (χ3n) is 3.40. The van der Waals surface area contributed by atoms with E-state index >= 15 is 0 Å². The predicted molar refractivity (Wildman–Crippen MR) is 78.8 cm³/mol. The summed E-state index contributed by atoms with van der Waals surface area (Å²) < 4.78 is 7.01. The van der Waals surface area contributed by atoms with E-state index < -0.39 is 8.32 Å². The third kappa shape index (κ3) is 4.52. The Morgan fingerprint density at radius 2 is 1.94 bits per heavy atom. The summed E-state index contributed by atoms with van der Waals surface area (Å²) in [6.07, 6.45) is 0.881. The van der Waals surface area contributed by atoms with Gasteiger partial charge in [0, 0.05) is 18.7 Å². The fourth-order valence-corrected chi connectivity index (χ4v) is 2.64. The van der Waals surface area contributed by atoms with Crippen LogP contribution in [-0.2, 0) is 10.8 Å². The molecule has 0 unspecified atom stereocenters. The van der Waals surface area contributed by atoms with Crippen molar-refractivity contribution in [2.45, 2.75) is 45.3 Å². The van der Waals surface area contributed by atoms with Gasteiger partial charge in [0.1, 0.15) is 4.60 Å². The molecule has 0 spiro atoms. The average Bonchev–Trinajstić information content (AvgIpc) is 2.15. The second-order valence-corrected chi connectivity index (χ2v) is 11.4. The zero-order chi connectivity index (χ0) is 13.1. The molecule has 0 amide bonds. The van der Waals surface area contributed by atoms with Gasteiger partial charge in [-0.1, -0.05) is 26.8 Å². The molecule has 96 valence electrons. The number of pyridine rings is 1. The van der Waals surface area contributed by atoms with E-state index in [9.17, 15) is 0 Å². The molecule has 0 aliphatic heterocycles. The van der Waals surface area contributed by atoms with Gasteiger partial charge in [0.15, 0.2) is 8.32 Å². The summed E-state index contributed by atoms with van der Waals surface area (Å²) in [5.41, 5.74) is 1.08. The fraction of sp³-hybridized carbons (Fsp3) is 0.615. The SMILES string of the molecule is CC(C)(C)[Si](C)(C)OCCc1cccc(Br)n1. The standard InChI is InChI=1S/C13H22BrNOSi/c1-13(2,3)17(4,5)16-10-9-11-7-6-8-12(14)15-11/h6-8H,9-10H2,1-5H3. The number of rotatable bonds is 4. The molecule has 0 aromatic carbocycles. The second-order valence-electron chi connectivity index (χ2n) is 5.81. The Bertz CT molecular complexity index is 374. The van der Waals surface area contributed by atoms with E-state index in [1.54, 1.807) is 0 Å². The molecule has 17 heavy (non-hydrogen) atoms. The summed E-state index contributed by atoms with van der Waals surface area (Å²) in [6.45, 7) is 12.1.